The van der Waals surface area contributed by atoms with Gasteiger partial charge in [-0.1, -0.05) is 68.6 Å². The van der Waals surface area contributed by atoms with Crippen LogP contribution in [0.3, 0.4) is 0 Å². The summed E-state index contributed by atoms with van der Waals surface area (Å²) in [5.74, 6) is 2.82. The van der Waals surface area contributed by atoms with Crippen molar-refractivity contribution in [2.75, 3.05) is 0 Å². The molecule has 0 saturated carbocycles. The average molecular weight is 294 g/mol. The molecule has 0 aromatic rings. The van der Waals surface area contributed by atoms with Crippen LogP contribution in [0.1, 0.15) is 0 Å². The van der Waals surface area contributed by atoms with Crippen molar-refractivity contribution in [1.82, 2.24) is 0 Å². The Labute approximate surface area is 89.0 Å². The van der Waals surface area contributed by atoms with Crippen LogP contribution >= 0.6 is 54.4 Å². The summed E-state index contributed by atoms with van der Waals surface area (Å²) >= 11 is 31.3. The fourth-order valence-electron chi connectivity index (χ4n) is 0.155. The van der Waals surface area contributed by atoms with Gasteiger partial charge in [-0.05, 0) is 11.6 Å². The van der Waals surface area contributed by atoms with Gasteiger partial charge in [-0.15, -0.1) is 0 Å². The second-order valence-corrected chi connectivity index (χ2v) is 17.2. The lowest BCUT2D eigenvalue weighted by Gasteiger charge is -1.97. The highest BCUT2D eigenvalue weighted by atomic mass is 35.9. The second kappa shape index (κ2) is 4.44. The van der Waals surface area contributed by atoms with Gasteiger partial charge in [0.2, 0.25) is 0 Å². The summed E-state index contributed by atoms with van der Waals surface area (Å²) in [5, 5.41) is 0. The van der Waals surface area contributed by atoms with Crippen LogP contribution in [0.4, 0.5) is 0 Å². The van der Waals surface area contributed by atoms with Crippen LogP contribution in [-0.4, -0.2) is 0 Å². The molecule has 0 aliphatic rings. The van der Waals surface area contributed by atoms with Gasteiger partial charge in [0.05, 0.1) is 0 Å². The molecule has 0 aromatic carbocycles. The Kier molecular flexibility index (Phi) is 5.42. The Hall–Kier alpha value is 2.20. The molecule has 0 radical (unpaired) electrons. The Morgan fingerprint density at radius 2 is 1.00 bits per heavy atom. The van der Waals surface area contributed by atoms with Crippen molar-refractivity contribution in [1.29, 1.82) is 0 Å². The largest absolute Gasteiger partial charge is 0.140 e. The zero-order valence-electron chi connectivity index (χ0n) is 4.38. The minimum absolute atomic E-state index is 1.41. The summed E-state index contributed by atoms with van der Waals surface area (Å²) in [4.78, 5) is 0. The Bertz CT molecular complexity index is 199. The molecule has 0 saturated heterocycles. The molecule has 0 unspecified atom stereocenters. The van der Waals surface area contributed by atoms with Crippen molar-refractivity contribution >= 4 is 78.1 Å². The van der Waals surface area contributed by atoms with Crippen molar-refractivity contribution in [2.24, 2.45) is 0 Å². The molecule has 60 valence electrons. The van der Waals surface area contributed by atoms with Gasteiger partial charge in [0.25, 0.3) is 0 Å². The number of halogens is 4. The lowest BCUT2D eigenvalue weighted by Crippen LogP contribution is -1.48. The smallest absolute Gasteiger partial charge is 0.0639 e. The molecule has 0 aromatic heterocycles. The summed E-state index contributed by atoms with van der Waals surface area (Å²) in [6.07, 6.45) is 0. The normalized spacial score (nSPS) is 14.4. The molecular weight excluding hydrogens is 292 g/mol. The maximum Gasteiger partial charge on any atom is 0.140 e. The molecule has 0 fully saturated rings. The van der Waals surface area contributed by atoms with E-state index in [1.807, 2.05) is 0 Å². The molecule has 0 bridgehead atoms. The maximum absolute atomic E-state index is 5.50. The van der Waals surface area contributed by atoms with E-state index in [-0.39, 0.29) is 0 Å². The summed E-state index contributed by atoms with van der Waals surface area (Å²) in [5.41, 5.74) is 0. The zero-order chi connectivity index (χ0) is 8.41. The van der Waals surface area contributed by atoms with Gasteiger partial charge >= 0.3 is 0 Å². The molecule has 0 heterocycles. The summed E-state index contributed by atoms with van der Waals surface area (Å²) < 4.78 is -4.75. The van der Waals surface area contributed by atoms with Crippen LogP contribution in [0.15, 0.2) is 11.6 Å². The molecular formula is C2H2Cl4P2S2. The van der Waals surface area contributed by atoms with Gasteiger partial charge in [-0.3, -0.25) is 0 Å². The van der Waals surface area contributed by atoms with Crippen molar-refractivity contribution in [2.45, 2.75) is 0 Å². The number of hydrogen-bond acceptors (Lipinski definition) is 2. The van der Waals surface area contributed by atoms with Crippen molar-refractivity contribution in [3.63, 3.8) is 0 Å². The minimum Gasteiger partial charge on any atom is -0.0639 e. The Morgan fingerprint density at radius 1 is 0.800 bits per heavy atom. The Balaban J connectivity index is 4.31. The zero-order valence-corrected chi connectivity index (χ0v) is 10.8. The fraction of sp³-hybridized carbons (Fsp3) is 0. The fourth-order valence-corrected chi connectivity index (χ4v) is 4.19. The molecule has 0 N–H and O–H groups in total. The third kappa shape index (κ3) is 10.2. The van der Waals surface area contributed by atoms with Crippen LogP contribution in [0, 0.1) is 0 Å². The van der Waals surface area contributed by atoms with E-state index in [4.69, 9.17) is 45.0 Å². The van der Waals surface area contributed by atoms with Crippen molar-refractivity contribution < 1.29 is 0 Å². The highest BCUT2D eigenvalue weighted by Gasteiger charge is 2.06. The predicted octanol–water partition coefficient (Wildman–Crippen LogP) is 5.03. The van der Waals surface area contributed by atoms with E-state index in [9.17, 15) is 0 Å². The summed E-state index contributed by atoms with van der Waals surface area (Å²) in [6, 6.07) is 0. The van der Waals surface area contributed by atoms with E-state index in [1.54, 1.807) is 0 Å². The quantitative estimate of drug-likeness (QED) is 0.655. The summed E-state index contributed by atoms with van der Waals surface area (Å²) in [7, 11) is 0. The molecule has 0 rings (SSSR count). The van der Waals surface area contributed by atoms with E-state index < -0.39 is 9.49 Å². The molecule has 0 spiro atoms. The summed E-state index contributed by atoms with van der Waals surface area (Å²) in [6.45, 7) is 0. The first-order valence-electron chi connectivity index (χ1n) is 1.89. The average Bonchev–Trinajstić information content (AvgIpc) is 1.57. The predicted molar refractivity (Wildman–Crippen MR) is 61.1 cm³/mol. The second-order valence-electron chi connectivity index (χ2n) is 1.30. The number of rotatable bonds is 2. The monoisotopic (exact) mass is 292 g/mol. The molecule has 0 amide bonds. The van der Waals surface area contributed by atoms with Crippen LogP contribution in [0.5, 0.6) is 0 Å². The third-order valence-electron chi connectivity index (χ3n) is 0.414. The number of hydrogen-bond donors (Lipinski definition) is 0. The van der Waals surface area contributed by atoms with Gasteiger partial charge < -0.3 is 0 Å². The third-order valence-corrected chi connectivity index (χ3v) is 3.72. The molecule has 0 atom stereocenters. The first-order valence-corrected chi connectivity index (χ1v) is 11.3. The van der Waals surface area contributed by atoms with E-state index in [0.717, 1.165) is 0 Å². The lowest BCUT2D eigenvalue weighted by molar-refractivity contribution is 2.53. The topological polar surface area (TPSA) is 0 Å². The van der Waals surface area contributed by atoms with Gasteiger partial charge in [0.1, 0.15) is 9.49 Å². The van der Waals surface area contributed by atoms with Crippen molar-refractivity contribution in [3.8, 4) is 0 Å². The SMILES string of the molecule is S=P(Cl)(Cl)/C=C/P(=S)(Cl)Cl. The van der Waals surface area contributed by atoms with E-state index >= 15 is 0 Å². The van der Waals surface area contributed by atoms with Crippen LogP contribution in [0.2, 0.25) is 0 Å². The Morgan fingerprint density at radius 3 is 1.10 bits per heavy atom. The van der Waals surface area contributed by atoms with Gasteiger partial charge in [-0.25, -0.2) is 0 Å². The van der Waals surface area contributed by atoms with Crippen LogP contribution in [0.25, 0.3) is 0 Å². The molecule has 8 heteroatoms. The molecule has 0 nitrogen and oxygen atoms in total. The van der Waals surface area contributed by atoms with E-state index in [1.165, 1.54) is 11.6 Å². The van der Waals surface area contributed by atoms with Gasteiger partial charge in [-0.2, -0.15) is 0 Å². The standard InChI is InChI=1S/C2H2Cl4P2S2/c3-7(4,9)1-2-8(5,6)10/h1-2H/b2-1+. The first kappa shape index (κ1) is 12.2. The molecule has 0 aliphatic carbocycles. The van der Waals surface area contributed by atoms with E-state index in [2.05, 4.69) is 23.6 Å². The van der Waals surface area contributed by atoms with Gasteiger partial charge in [0.15, 0.2) is 0 Å². The molecule has 10 heavy (non-hydrogen) atoms. The first-order chi connectivity index (χ1) is 4.21. The molecule has 0 aliphatic heterocycles. The maximum atomic E-state index is 5.50. The van der Waals surface area contributed by atoms with Gasteiger partial charge in [0, 0.05) is 0 Å². The van der Waals surface area contributed by atoms with E-state index in [0.29, 0.717) is 0 Å². The highest BCUT2D eigenvalue weighted by Crippen LogP contribution is 2.64. The van der Waals surface area contributed by atoms with Crippen LogP contribution in [-0.2, 0) is 23.6 Å². The lowest BCUT2D eigenvalue weighted by atomic mass is 11.3. The minimum atomic E-state index is -2.37. The van der Waals surface area contributed by atoms with Crippen molar-refractivity contribution in [3.05, 3.63) is 11.6 Å². The van der Waals surface area contributed by atoms with Crippen LogP contribution < -0.4 is 0 Å². The highest BCUT2D eigenvalue weighted by molar-refractivity contribution is 8.42.